The molecule has 12 heteroatoms. The Morgan fingerprint density at radius 2 is 2.00 bits per heavy atom. The van der Waals surface area contributed by atoms with Crippen LogP contribution in [0.15, 0.2) is 61.3 Å². The second-order valence-electron chi connectivity index (χ2n) is 8.33. The van der Waals surface area contributed by atoms with Crippen molar-refractivity contribution < 1.29 is 22.7 Å². The van der Waals surface area contributed by atoms with Gasteiger partial charge in [-0.15, -0.1) is 0 Å². The van der Waals surface area contributed by atoms with Crippen LogP contribution in [-0.4, -0.2) is 38.6 Å². The molecule has 3 rings (SSSR count). The standard InChI is InChI=1S/C25H28F3N7O2/c1-4-16(6-8-21(29)37-11-5-10-31-24(36)15(2)3)19-7-9-22-32-14-20(35(22)34-19)17-12-18(25(26,27)28)23(30)33-13-17/h4,6-9,12-15H,1,5,10-11,29H2,2-3H3,(H2,30,33)(H,31,36)/b16-6+,21-8+. The molecule has 0 saturated carbocycles. The Bertz CT molecular complexity index is 1340. The van der Waals surface area contributed by atoms with Crippen LogP contribution in [0.25, 0.3) is 22.5 Å². The molecule has 1 amide bonds. The SMILES string of the molecule is C=C/C(=C\C=C(/N)OCCCNC(=O)C(C)C)c1ccc2ncc(-c3cnc(N)c(C(F)(F)F)c3)n2n1. The van der Waals surface area contributed by atoms with E-state index in [1.54, 1.807) is 30.4 Å². The third-order valence-electron chi connectivity index (χ3n) is 5.24. The fourth-order valence-electron chi connectivity index (χ4n) is 3.22. The lowest BCUT2D eigenvalue weighted by Gasteiger charge is -2.11. The molecule has 5 N–H and O–H groups in total. The second kappa shape index (κ2) is 11.6. The van der Waals surface area contributed by atoms with E-state index in [1.165, 1.54) is 16.9 Å². The number of nitrogens with zero attached hydrogens (tertiary/aromatic N) is 4. The van der Waals surface area contributed by atoms with E-state index in [9.17, 15) is 18.0 Å². The minimum absolute atomic E-state index is 0.0268. The van der Waals surface area contributed by atoms with Gasteiger partial charge in [0.1, 0.15) is 5.82 Å². The summed E-state index contributed by atoms with van der Waals surface area (Å²) in [4.78, 5) is 19.5. The third kappa shape index (κ3) is 6.87. The fraction of sp³-hybridized carbons (Fsp3) is 0.280. The minimum atomic E-state index is -4.65. The number of carbonyl (C=O) groups excluding carboxylic acids is 1. The Hall–Kier alpha value is -4.35. The first-order valence-corrected chi connectivity index (χ1v) is 11.4. The van der Waals surface area contributed by atoms with E-state index in [-0.39, 0.29) is 23.3 Å². The van der Waals surface area contributed by atoms with Gasteiger partial charge in [-0.3, -0.25) is 4.79 Å². The van der Waals surface area contributed by atoms with Gasteiger partial charge in [0.25, 0.3) is 0 Å². The van der Waals surface area contributed by atoms with Gasteiger partial charge in [0, 0.05) is 29.8 Å². The van der Waals surface area contributed by atoms with Gasteiger partial charge in [0.15, 0.2) is 11.5 Å². The van der Waals surface area contributed by atoms with Crippen molar-refractivity contribution in [2.45, 2.75) is 26.4 Å². The second-order valence-corrected chi connectivity index (χ2v) is 8.33. The maximum atomic E-state index is 13.3. The van der Waals surface area contributed by atoms with E-state index >= 15 is 0 Å². The Labute approximate surface area is 211 Å². The van der Waals surface area contributed by atoms with Crippen LogP contribution in [-0.2, 0) is 15.7 Å². The summed E-state index contributed by atoms with van der Waals surface area (Å²) < 4.78 is 46.8. The van der Waals surface area contributed by atoms with Gasteiger partial charge in [-0.05, 0) is 36.8 Å². The fourth-order valence-corrected chi connectivity index (χ4v) is 3.22. The van der Waals surface area contributed by atoms with Crippen LogP contribution >= 0.6 is 0 Å². The number of imidazole rings is 1. The van der Waals surface area contributed by atoms with Gasteiger partial charge in [0.2, 0.25) is 5.91 Å². The maximum Gasteiger partial charge on any atom is 0.419 e. The highest BCUT2D eigenvalue weighted by Crippen LogP contribution is 2.35. The van der Waals surface area contributed by atoms with E-state index in [1.807, 2.05) is 13.8 Å². The van der Waals surface area contributed by atoms with Crippen molar-refractivity contribution >= 4 is 22.9 Å². The molecule has 37 heavy (non-hydrogen) atoms. The smallest absolute Gasteiger partial charge is 0.419 e. The number of anilines is 1. The number of hydrogen-bond donors (Lipinski definition) is 3. The average molecular weight is 516 g/mol. The number of carbonyl (C=O) groups is 1. The van der Waals surface area contributed by atoms with Gasteiger partial charge in [-0.1, -0.05) is 26.5 Å². The molecule has 0 bridgehead atoms. The van der Waals surface area contributed by atoms with Gasteiger partial charge in [0.05, 0.1) is 29.8 Å². The molecule has 0 atom stereocenters. The van der Waals surface area contributed by atoms with E-state index in [0.717, 1.165) is 6.07 Å². The lowest BCUT2D eigenvalue weighted by atomic mass is 10.1. The number of nitrogens with one attached hydrogen (secondary N) is 1. The third-order valence-corrected chi connectivity index (χ3v) is 5.24. The first-order chi connectivity index (χ1) is 17.5. The predicted molar refractivity (Wildman–Crippen MR) is 134 cm³/mol. The number of alkyl halides is 3. The largest absolute Gasteiger partial charge is 0.479 e. The van der Waals surface area contributed by atoms with Crippen molar-refractivity contribution in [3.63, 3.8) is 0 Å². The maximum absolute atomic E-state index is 13.3. The lowest BCUT2D eigenvalue weighted by molar-refractivity contribution is -0.137. The number of fused-ring (bicyclic) bond motifs is 1. The molecule has 0 saturated heterocycles. The minimum Gasteiger partial charge on any atom is -0.479 e. The number of rotatable bonds is 10. The molecule has 9 nitrogen and oxygen atoms in total. The van der Waals surface area contributed by atoms with Gasteiger partial charge in [-0.2, -0.15) is 18.3 Å². The molecule has 0 radical (unpaired) electrons. The summed E-state index contributed by atoms with van der Waals surface area (Å²) >= 11 is 0. The van der Waals surface area contributed by atoms with Gasteiger partial charge < -0.3 is 21.5 Å². The van der Waals surface area contributed by atoms with Crippen molar-refractivity contribution in [2.75, 3.05) is 18.9 Å². The van der Waals surface area contributed by atoms with Crippen molar-refractivity contribution in [2.24, 2.45) is 11.7 Å². The Kier molecular flexibility index (Phi) is 8.53. The van der Waals surface area contributed by atoms with Crippen LogP contribution in [0.3, 0.4) is 0 Å². The molecular weight excluding hydrogens is 487 g/mol. The van der Waals surface area contributed by atoms with E-state index in [0.29, 0.717) is 42.2 Å². The van der Waals surface area contributed by atoms with E-state index in [2.05, 4.69) is 27.0 Å². The van der Waals surface area contributed by atoms with Crippen LogP contribution in [0.2, 0.25) is 0 Å². The number of halogens is 3. The number of allylic oxidation sites excluding steroid dienone is 4. The van der Waals surface area contributed by atoms with Crippen LogP contribution in [0.4, 0.5) is 19.0 Å². The van der Waals surface area contributed by atoms with Crippen molar-refractivity contribution in [3.05, 3.63) is 72.5 Å². The molecule has 0 spiro atoms. The molecule has 0 aliphatic carbocycles. The van der Waals surface area contributed by atoms with E-state index < -0.39 is 17.6 Å². The monoisotopic (exact) mass is 515 g/mol. The van der Waals surface area contributed by atoms with Gasteiger partial charge >= 0.3 is 6.18 Å². The number of nitrogen functional groups attached to an aromatic ring is 1. The first kappa shape index (κ1) is 27.2. The number of ether oxygens (including phenoxy) is 1. The quantitative estimate of drug-likeness (QED) is 0.212. The number of hydrogen-bond acceptors (Lipinski definition) is 7. The molecule has 0 aliphatic heterocycles. The molecule has 0 aromatic carbocycles. The zero-order chi connectivity index (χ0) is 27.2. The summed E-state index contributed by atoms with van der Waals surface area (Å²) in [7, 11) is 0. The molecule has 3 aromatic heterocycles. The zero-order valence-corrected chi connectivity index (χ0v) is 20.4. The summed E-state index contributed by atoms with van der Waals surface area (Å²) in [5.41, 5.74) is 12.2. The predicted octanol–water partition coefficient (Wildman–Crippen LogP) is 3.94. The Balaban J connectivity index is 1.78. The van der Waals surface area contributed by atoms with Crippen molar-refractivity contribution in [1.82, 2.24) is 24.9 Å². The number of nitrogens with two attached hydrogens (primary N) is 2. The summed E-state index contributed by atoms with van der Waals surface area (Å²) in [5, 5.41) is 7.31. The first-order valence-electron chi connectivity index (χ1n) is 11.4. The highest BCUT2D eigenvalue weighted by atomic mass is 19.4. The topological polar surface area (TPSA) is 133 Å². The summed E-state index contributed by atoms with van der Waals surface area (Å²) in [5.74, 6) is -0.560. The summed E-state index contributed by atoms with van der Waals surface area (Å²) in [6, 6.07) is 4.29. The number of pyridine rings is 1. The highest BCUT2D eigenvalue weighted by molar-refractivity contribution is 5.77. The van der Waals surface area contributed by atoms with Crippen LogP contribution in [0, 0.1) is 5.92 Å². The Morgan fingerprint density at radius 3 is 2.68 bits per heavy atom. The number of aromatic nitrogens is 4. The van der Waals surface area contributed by atoms with Crippen LogP contribution in [0.1, 0.15) is 31.5 Å². The molecule has 196 valence electrons. The normalized spacial score (nSPS) is 12.7. The molecule has 0 aliphatic rings. The molecule has 0 fully saturated rings. The summed E-state index contributed by atoms with van der Waals surface area (Å²) in [6.07, 6.45) is 3.34. The molecule has 0 unspecified atom stereocenters. The van der Waals surface area contributed by atoms with E-state index in [4.69, 9.17) is 16.2 Å². The summed E-state index contributed by atoms with van der Waals surface area (Å²) in [6.45, 7) is 8.22. The Morgan fingerprint density at radius 1 is 1.24 bits per heavy atom. The zero-order valence-electron chi connectivity index (χ0n) is 20.4. The molecule has 3 aromatic rings. The lowest BCUT2D eigenvalue weighted by Crippen LogP contribution is -2.29. The van der Waals surface area contributed by atoms with Crippen LogP contribution < -0.4 is 16.8 Å². The average Bonchev–Trinajstić information content (AvgIpc) is 3.27. The molecular formula is C25H28F3N7O2. The number of amides is 1. The highest BCUT2D eigenvalue weighted by Gasteiger charge is 2.34. The van der Waals surface area contributed by atoms with Crippen molar-refractivity contribution in [1.29, 1.82) is 0 Å². The van der Waals surface area contributed by atoms with Gasteiger partial charge in [-0.25, -0.2) is 14.5 Å². The van der Waals surface area contributed by atoms with Crippen molar-refractivity contribution in [3.8, 4) is 11.3 Å². The van der Waals surface area contributed by atoms with Crippen LogP contribution in [0.5, 0.6) is 0 Å². The molecule has 3 heterocycles.